The summed E-state index contributed by atoms with van der Waals surface area (Å²) in [5, 5.41) is 4.74. The van der Waals surface area contributed by atoms with Crippen molar-refractivity contribution < 1.29 is 4.79 Å². The largest absolute Gasteiger partial charge is 0.348 e. The van der Waals surface area contributed by atoms with Gasteiger partial charge in [-0.2, -0.15) is 0 Å². The van der Waals surface area contributed by atoms with Crippen molar-refractivity contribution in [2.24, 2.45) is 5.92 Å². The van der Waals surface area contributed by atoms with Crippen molar-refractivity contribution in [3.05, 3.63) is 52.5 Å². The maximum absolute atomic E-state index is 12.6. The molecule has 0 spiro atoms. The van der Waals surface area contributed by atoms with Gasteiger partial charge in [0.05, 0.1) is 10.2 Å². The highest BCUT2D eigenvalue weighted by Crippen LogP contribution is 2.32. The van der Waals surface area contributed by atoms with Crippen LogP contribution in [0.1, 0.15) is 24.0 Å². The molecule has 0 bridgehead atoms. The van der Waals surface area contributed by atoms with Crippen LogP contribution in [-0.2, 0) is 4.79 Å². The number of aromatic nitrogens is 1. The first-order valence-corrected chi connectivity index (χ1v) is 10.4. The van der Waals surface area contributed by atoms with Crippen LogP contribution in [0.5, 0.6) is 0 Å². The van der Waals surface area contributed by atoms with Gasteiger partial charge in [0, 0.05) is 29.7 Å². The molecule has 1 aliphatic rings. The van der Waals surface area contributed by atoms with E-state index in [0.29, 0.717) is 5.02 Å². The second kappa shape index (κ2) is 7.49. The van der Waals surface area contributed by atoms with E-state index in [2.05, 4.69) is 35.3 Å². The Morgan fingerprint density at radius 3 is 2.70 bits per heavy atom. The monoisotopic (exact) mass is 399 g/mol. The zero-order valence-corrected chi connectivity index (χ0v) is 17.0. The lowest BCUT2D eigenvalue weighted by atomic mass is 9.96. The third-order valence-electron chi connectivity index (χ3n) is 5.11. The number of thiazole rings is 1. The Balaban J connectivity index is 1.38. The summed E-state index contributed by atoms with van der Waals surface area (Å²) in [6, 6.07) is 12.0. The van der Waals surface area contributed by atoms with Crippen molar-refractivity contribution in [2.75, 3.05) is 23.3 Å². The molecule has 0 atom stereocenters. The smallest absolute Gasteiger partial charge is 0.227 e. The molecule has 6 heteroatoms. The molecule has 4 rings (SSSR count). The van der Waals surface area contributed by atoms with Gasteiger partial charge in [0.15, 0.2) is 5.13 Å². The number of amides is 1. The van der Waals surface area contributed by atoms with Gasteiger partial charge in [-0.3, -0.25) is 4.79 Å². The maximum Gasteiger partial charge on any atom is 0.227 e. The molecule has 140 valence electrons. The molecule has 1 fully saturated rings. The first-order chi connectivity index (χ1) is 13.0. The average Bonchev–Trinajstić information content (AvgIpc) is 3.08. The number of aryl methyl sites for hydroxylation is 2. The second-order valence-electron chi connectivity index (χ2n) is 7.18. The summed E-state index contributed by atoms with van der Waals surface area (Å²) < 4.78 is 1.22. The quantitative estimate of drug-likeness (QED) is 0.639. The van der Waals surface area contributed by atoms with E-state index in [0.717, 1.165) is 47.8 Å². The van der Waals surface area contributed by atoms with Gasteiger partial charge in [0.1, 0.15) is 0 Å². The molecular weight excluding hydrogens is 378 g/mol. The summed E-state index contributed by atoms with van der Waals surface area (Å²) in [5.74, 6) is 0.104. The van der Waals surface area contributed by atoms with Crippen LogP contribution in [0.15, 0.2) is 36.4 Å². The third-order valence-corrected chi connectivity index (χ3v) is 6.59. The number of carbonyl (C=O) groups is 1. The number of nitrogens with zero attached hydrogens (tertiary/aromatic N) is 2. The number of fused-ring (bicyclic) bond motifs is 1. The number of benzene rings is 2. The van der Waals surface area contributed by atoms with Gasteiger partial charge in [-0.1, -0.05) is 35.1 Å². The van der Waals surface area contributed by atoms with Gasteiger partial charge in [0.25, 0.3) is 0 Å². The molecule has 1 amide bonds. The Kier molecular flexibility index (Phi) is 5.06. The molecule has 1 saturated heterocycles. The fourth-order valence-electron chi connectivity index (χ4n) is 3.40. The lowest BCUT2D eigenvalue weighted by molar-refractivity contribution is -0.120. The predicted octanol–water partition coefficient (Wildman–Crippen LogP) is 5.42. The zero-order chi connectivity index (χ0) is 19.0. The van der Waals surface area contributed by atoms with E-state index in [9.17, 15) is 4.79 Å². The topological polar surface area (TPSA) is 45.2 Å². The normalized spacial score (nSPS) is 15.3. The first-order valence-electron chi connectivity index (χ1n) is 9.19. The number of halogens is 1. The number of hydrogen-bond donors (Lipinski definition) is 1. The standard InChI is InChI=1S/C21H22ClN3OS/c1-13-3-6-18-19(11-13)27-21(24-18)25-9-7-15(8-10-25)20(26)23-16-5-4-14(2)17(22)12-16/h3-6,11-12,15H,7-10H2,1-2H3,(H,23,26). The van der Waals surface area contributed by atoms with Crippen LogP contribution in [0, 0.1) is 19.8 Å². The van der Waals surface area contributed by atoms with Crippen molar-refractivity contribution in [1.29, 1.82) is 0 Å². The van der Waals surface area contributed by atoms with Crippen LogP contribution >= 0.6 is 22.9 Å². The summed E-state index contributed by atoms with van der Waals surface area (Å²) in [6.07, 6.45) is 1.67. The van der Waals surface area contributed by atoms with Gasteiger partial charge in [-0.25, -0.2) is 4.98 Å². The Labute approximate surface area is 168 Å². The molecule has 3 aromatic rings. The van der Waals surface area contributed by atoms with E-state index in [4.69, 9.17) is 16.6 Å². The molecule has 27 heavy (non-hydrogen) atoms. The average molecular weight is 400 g/mol. The van der Waals surface area contributed by atoms with Gasteiger partial charge >= 0.3 is 0 Å². The Morgan fingerprint density at radius 1 is 1.19 bits per heavy atom. The first kappa shape index (κ1) is 18.3. The van der Waals surface area contributed by atoms with E-state index >= 15 is 0 Å². The Morgan fingerprint density at radius 2 is 1.96 bits per heavy atom. The molecule has 4 nitrogen and oxygen atoms in total. The highest BCUT2D eigenvalue weighted by Gasteiger charge is 2.26. The molecule has 2 aromatic carbocycles. The number of piperidine rings is 1. The van der Waals surface area contributed by atoms with E-state index in [1.165, 1.54) is 10.3 Å². The van der Waals surface area contributed by atoms with Gasteiger partial charge < -0.3 is 10.2 Å². The fraction of sp³-hybridized carbons (Fsp3) is 0.333. The minimum absolute atomic E-state index is 0.0259. The van der Waals surface area contributed by atoms with Gasteiger partial charge in [0.2, 0.25) is 5.91 Å². The van der Waals surface area contributed by atoms with E-state index in [1.807, 2.05) is 25.1 Å². The molecule has 0 radical (unpaired) electrons. The third kappa shape index (κ3) is 3.94. The maximum atomic E-state index is 12.6. The van der Waals surface area contributed by atoms with Crippen LogP contribution < -0.4 is 10.2 Å². The number of hydrogen-bond acceptors (Lipinski definition) is 4. The molecule has 0 unspecified atom stereocenters. The summed E-state index contributed by atoms with van der Waals surface area (Å²) >= 11 is 7.88. The van der Waals surface area contributed by atoms with Crippen LogP contribution in [0.2, 0.25) is 5.02 Å². The van der Waals surface area contributed by atoms with Crippen LogP contribution in [0.3, 0.4) is 0 Å². The highest BCUT2D eigenvalue weighted by molar-refractivity contribution is 7.22. The zero-order valence-electron chi connectivity index (χ0n) is 15.5. The minimum Gasteiger partial charge on any atom is -0.348 e. The van der Waals surface area contributed by atoms with Gasteiger partial charge in [-0.05, 0) is 62.1 Å². The molecule has 1 N–H and O–H groups in total. The van der Waals surface area contributed by atoms with Crippen LogP contribution in [0.4, 0.5) is 10.8 Å². The van der Waals surface area contributed by atoms with E-state index < -0.39 is 0 Å². The van der Waals surface area contributed by atoms with E-state index in [1.54, 1.807) is 11.3 Å². The summed E-state index contributed by atoms with van der Waals surface area (Å²) in [6.45, 7) is 5.76. The molecule has 0 saturated carbocycles. The van der Waals surface area contributed by atoms with Crippen molar-refractivity contribution in [2.45, 2.75) is 26.7 Å². The number of rotatable bonds is 3. The number of carbonyl (C=O) groups excluding carboxylic acids is 1. The number of nitrogens with one attached hydrogen (secondary N) is 1. The van der Waals surface area contributed by atoms with Gasteiger partial charge in [-0.15, -0.1) is 0 Å². The summed E-state index contributed by atoms with van der Waals surface area (Å²) in [4.78, 5) is 19.7. The summed E-state index contributed by atoms with van der Waals surface area (Å²) in [5.41, 5.74) is 4.08. The predicted molar refractivity (Wildman–Crippen MR) is 114 cm³/mol. The number of anilines is 2. The Bertz CT molecular complexity index is 992. The fourth-order valence-corrected chi connectivity index (χ4v) is 4.70. The molecule has 2 heterocycles. The summed E-state index contributed by atoms with van der Waals surface area (Å²) in [7, 11) is 0. The molecular formula is C21H22ClN3OS. The van der Waals surface area contributed by atoms with E-state index in [-0.39, 0.29) is 11.8 Å². The van der Waals surface area contributed by atoms with Crippen molar-refractivity contribution >= 4 is 49.9 Å². The molecule has 1 aliphatic heterocycles. The molecule has 1 aromatic heterocycles. The van der Waals surface area contributed by atoms with Crippen LogP contribution in [0.25, 0.3) is 10.2 Å². The lowest BCUT2D eigenvalue weighted by Crippen LogP contribution is -2.38. The van der Waals surface area contributed by atoms with Crippen LogP contribution in [-0.4, -0.2) is 24.0 Å². The minimum atomic E-state index is 0.0259. The Hall–Kier alpha value is -2.11. The van der Waals surface area contributed by atoms with Crippen molar-refractivity contribution in [3.63, 3.8) is 0 Å². The lowest BCUT2D eigenvalue weighted by Gasteiger charge is -2.31. The second-order valence-corrected chi connectivity index (χ2v) is 8.60. The highest BCUT2D eigenvalue weighted by atomic mass is 35.5. The van der Waals surface area contributed by atoms with Crippen molar-refractivity contribution in [3.8, 4) is 0 Å². The molecule has 0 aliphatic carbocycles. The van der Waals surface area contributed by atoms with Crippen molar-refractivity contribution in [1.82, 2.24) is 4.98 Å². The SMILES string of the molecule is Cc1ccc2nc(N3CCC(C(=O)Nc4ccc(C)c(Cl)c4)CC3)sc2c1.